The van der Waals surface area contributed by atoms with Crippen LogP contribution >= 0.6 is 0 Å². The predicted octanol–water partition coefficient (Wildman–Crippen LogP) is 2.88. The number of nitrogens with zero attached hydrogens (tertiary/aromatic N) is 2. The summed E-state index contributed by atoms with van der Waals surface area (Å²) in [5.74, 6) is 0.488. The molecular weight excluding hydrogens is 207 g/mol. The second kappa shape index (κ2) is 4.41. The Balaban J connectivity index is 2.27. The van der Waals surface area contributed by atoms with Crippen LogP contribution in [0.5, 0.6) is 11.5 Å². The van der Waals surface area contributed by atoms with Crippen LogP contribution < -0.4 is 4.74 Å². The maximum absolute atomic E-state index is 12.7. The molecule has 0 bridgehead atoms. The van der Waals surface area contributed by atoms with Gasteiger partial charge in [0.2, 0.25) is 0 Å². The maximum Gasteiger partial charge on any atom is 0.163 e. The summed E-state index contributed by atoms with van der Waals surface area (Å²) in [4.78, 5) is 3.86. The summed E-state index contributed by atoms with van der Waals surface area (Å²) < 4.78 is 18.1. The van der Waals surface area contributed by atoms with Gasteiger partial charge in [0.05, 0.1) is 11.8 Å². The van der Waals surface area contributed by atoms with Crippen LogP contribution in [0.3, 0.4) is 0 Å². The predicted molar refractivity (Wildman–Crippen MR) is 55.4 cm³/mol. The lowest BCUT2D eigenvalue weighted by molar-refractivity contribution is 0.476. The van der Waals surface area contributed by atoms with Gasteiger partial charge in [-0.15, -0.1) is 0 Å². The van der Waals surface area contributed by atoms with Crippen molar-refractivity contribution < 1.29 is 9.13 Å². The van der Waals surface area contributed by atoms with Crippen molar-refractivity contribution in [1.29, 1.82) is 5.26 Å². The summed E-state index contributed by atoms with van der Waals surface area (Å²) in [5.41, 5.74) is 0.388. The number of benzene rings is 1. The molecule has 0 fully saturated rings. The van der Waals surface area contributed by atoms with E-state index in [0.29, 0.717) is 17.1 Å². The molecule has 4 heteroatoms. The zero-order chi connectivity index (χ0) is 11.4. The van der Waals surface area contributed by atoms with Crippen LogP contribution in [-0.4, -0.2) is 4.98 Å². The third kappa shape index (κ3) is 2.15. The van der Waals surface area contributed by atoms with E-state index in [0.717, 1.165) is 0 Å². The highest BCUT2D eigenvalue weighted by Gasteiger charge is 2.03. The Kier molecular flexibility index (Phi) is 2.79. The van der Waals surface area contributed by atoms with Gasteiger partial charge in [-0.25, -0.2) is 4.39 Å². The Morgan fingerprint density at radius 3 is 2.62 bits per heavy atom. The molecule has 78 valence electrons. The summed E-state index contributed by atoms with van der Waals surface area (Å²) in [6.07, 6.45) is 2.96. The smallest absolute Gasteiger partial charge is 0.163 e. The third-order valence-corrected chi connectivity index (χ3v) is 1.95. The first kappa shape index (κ1) is 10.1. The average Bonchev–Trinajstić information content (AvgIpc) is 2.33. The molecule has 0 saturated heterocycles. The molecular formula is C12H7FN2O. The van der Waals surface area contributed by atoms with Gasteiger partial charge in [0.15, 0.2) is 5.75 Å². The SMILES string of the molecule is N#Cc1ccncc1Oc1ccc(F)cc1. The van der Waals surface area contributed by atoms with Crippen molar-refractivity contribution in [3.63, 3.8) is 0 Å². The van der Waals surface area contributed by atoms with Crippen LogP contribution in [0.1, 0.15) is 5.56 Å². The van der Waals surface area contributed by atoms with Gasteiger partial charge in [0.25, 0.3) is 0 Å². The quantitative estimate of drug-likeness (QED) is 0.772. The zero-order valence-electron chi connectivity index (χ0n) is 8.22. The molecule has 2 aromatic rings. The van der Waals surface area contributed by atoms with Crippen LogP contribution in [0, 0.1) is 17.1 Å². The molecule has 1 aromatic heterocycles. The topological polar surface area (TPSA) is 45.9 Å². The first-order chi connectivity index (χ1) is 7.79. The van der Waals surface area contributed by atoms with Gasteiger partial charge < -0.3 is 4.74 Å². The molecule has 2 rings (SSSR count). The van der Waals surface area contributed by atoms with Crippen molar-refractivity contribution >= 4 is 0 Å². The van der Waals surface area contributed by atoms with Crippen LogP contribution in [0.2, 0.25) is 0 Å². The largest absolute Gasteiger partial charge is 0.454 e. The Morgan fingerprint density at radius 2 is 1.94 bits per heavy atom. The molecule has 0 aliphatic carbocycles. The van der Waals surface area contributed by atoms with Crippen LogP contribution in [0.15, 0.2) is 42.7 Å². The van der Waals surface area contributed by atoms with E-state index in [2.05, 4.69) is 4.98 Å². The Labute approximate surface area is 91.7 Å². The van der Waals surface area contributed by atoms with Crippen LogP contribution in [0.4, 0.5) is 4.39 Å². The highest BCUT2D eigenvalue weighted by Crippen LogP contribution is 2.23. The van der Waals surface area contributed by atoms with Gasteiger partial charge in [-0.05, 0) is 30.3 Å². The van der Waals surface area contributed by atoms with Gasteiger partial charge in [-0.3, -0.25) is 4.98 Å². The number of nitriles is 1. The van der Waals surface area contributed by atoms with Crippen molar-refractivity contribution in [2.24, 2.45) is 0 Å². The zero-order valence-corrected chi connectivity index (χ0v) is 8.22. The molecule has 0 saturated carbocycles. The molecule has 0 radical (unpaired) electrons. The Morgan fingerprint density at radius 1 is 1.19 bits per heavy atom. The van der Waals surface area contributed by atoms with E-state index in [1.54, 1.807) is 6.07 Å². The fourth-order valence-electron chi connectivity index (χ4n) is 1.18. The van der Waals surface area contributed by atoms with E-state index >= 15 is 0 Å². The molecule has 1 aromatic carbocycles. The molecule has 0 N–H and O–H groups in total. The standard InChI is InChI=1S/C12H7FN2O/c13-10-1-3-11(4-2-10)16-12-8-15-6-5-9(12)7-14/h1-6,8H. The molecule has 0 aliphatic rings. The number of rotatable bonds is 2. The third-order valence-electron chi connectivity index (χ3n) is 1.95. The van der Waals surface area contributed by atoms with Crippen molar-refractivity contribution in [3.8, 4) is 17.6 Å². The molecule has 16 heavy (non-hydrogen) atoms. The molecule has 3 nitrogen and oxygen atoms in total. The van der Waals surface area contributed by atoms with Crippen molar-refractivity contribution in [3.05, 3.63) is 54.1 Å². The number of hydrogen-bond acceptors (Lipinski definition) is 3. The Bertz CT molecular complexity index is 531. The van der Waals surface area contributed by atoms with Gasteiger partial charge in [0.1, 0.15) is 17.6 Å². The minimum Gasteiger partial charge on any atom is -0.454 e. The van der Waals surface area contributed by atoms with Gasteiger partial charge in [-0.1, -0.05) is 0 Å². The summed E-state index contributed by atoms with van der Waals surface area (Å²) in [6, 6.07) is 9.10. The van der Waals surface area contributed by atoms with E-state index in [9.17, 15) is 4.39 Å². The van der Waals surface area contributed by atoms with Gasteiger partial charge in [-0.2, -0.15) is 5.26 Å². The van der Waals surface area contributed by atoms with E-state index in [1.165, 1.54) is 36.7 Å². The summed E-state index contributed by atoms with van der Waals surface area (Å²) in [5, 5.41) is 8.82. The molecule has 0 spiro atoms. The lowest BCUT2D eigenvalue weighted by Crippen LogP contribution is -1.89. The van der Waals surface area contributed by atoms with E-state index in [4.69, 9.17) is 10.00 Å². The second-order valence-corrected chi connectivity index (χ2v) is 3.04. The van der Waals surface area contributed by atoms with E-state index in [-0.39, 0.29) is 5.82 Å². The average molecular weight is 214 g/mol. The van der Waals surface area contributed by atoms with E-state index in [1.807, 2.05) is 6.07 Å². The normalized spacial score (nSPS) is 9.50. The maximum atomic E-state index is 12.7. The highest BCUT2D eigenvalue weighted by atomic mass is 19.1. The minimum absolute atomic E-state index is 0.334. The summed E-state index contributed by atoms with van der Waals surface area (Å²) in [7, 11) is 0. The summed E-state index contributed by atoms with van der Waals surface area (Å²) in [6.45, 7) is 0. The number of halogens is 1. The number of aromatic nitrogens is 1. The van der Waals surface area contributed by atoms with Crippen molar-refractivity contribution in [1.82, 2.24) is 4.98 Å². The Hall–Kier alpha value is -2.41. The summed E-state index contributed by atoms with van der Waals surface area (Å²) >= 11 is 0. The van der Waals surface area contributed by atoms with E-state index < -0.39 is 0 Å². The number of hydrogen-bond donors (Lipinski definition) is 0. The van der Waals surface area contributed by atoms with Gasteiger partial charge in [0, 0.05) is 6.20 Å². The fourth-order valence-corrected chi connectivity index (χ4v) is 1.18. The van der Waals surface area contributed by atoms with Crippen molar-refractivity contribution in [2.75, 3.05) is 0 Å². The minimum atomic E-state index is -0.334. The lowest BCUT2D eigenvalue weighted by Gasteiger charge is -2.05. The fraction of sp³-hybridized carbons (Fsp3) is 0. The molecule has 0 unspecified atom stereocenters. The van der Waals surface area contributed by atoms with Crippen molar-refractivity contribution in [2.45, 2.75) is 0 Å². The molecule has 0 atom stereocenters. The highest BCUT2D eigenvalue weighted by molar-refractivity contribution is 5.42. The van der Waals surface area contributed by atoms with Crippen LogP contribution in [-0.2, 0) is 0 Å². The van der Waals surface area contributed by atoms with Crippen LogP contribution in [0.25, 0.3) is 0 Å². The molecule has 0 amide bonds. The lowest BCUT2D eigenvalue weighted by atomic mass is 10.2. The first-order valence-corrected chi connectivity index (χ1v) is 4.57. The number of pyridine rings is 1. The first-order valence-electron chi connectivity index (χ1n) is 4.57. The molecule has 0 aliphatic heterocycles. The number of ether oxygens (including phenoxy) is 1. The molecule has 1 heterocycles. The van der Waals surface area contributed by atoms with Gasteiger partial charge >= 0.3 is 0 Å². The monoisotopic (exact) mass is 214 g/mol. The second-order valence-electron chi connectivity index (χ2n) is 3.04.